The number of nitrogens with one attached hydrogen (secondary N) is 1. The standard InChI is InChI=1S/C19H22N6O7S/c1-10-4-2-3-5-11(10)18(28)21-6-12-14-17(23-8-22-12)25(9-24-14)19-16(27)15(26)13(32-19)7-31-33(20,29)30/h2-5,8-9,13,15-16,19,26-27H,6-7H2,1H3,(H,21,28)(H2,20,29,30)/t13-,15-,16-,19-/m1/s1. The van der Waals surface area contributed by atoms with Gasteiger partial charge in [-0.25, -0.2) is 20.1 Å². The number of benzene rings is 1. The number of aromatic nitrogens is 4. The van der Waals surface area contributed by atoms with E-state index in [1.54, 1.807) is 12.1 Å². The molecule has 1 aliphatic heterocycles. The highest BCUT2D eigenvalue weighted by atomic mass is 32.2. The molecule has 2 aromatic heterocycles. The number of hydrogen-bond donors (Lipinski definition) is 4. The molecule has 1 fully saturated rings. The molecule has 4 rings (SSSR count). The Labute approximate surface area is 188 Å². The van der Waals surface area contributed by atoms with E-state index in [1.165, 1.54) is 17.2 Å². The number of fused-ring (bicyclic) bond motifs is 1. The predicted octanol–water partition coefficient (Wildman–Crippen LogP) is -1.10. The first-order chi connectivity index (χ1) is 15.7. The highest BCUT2D eigenvalue weighted by Crippen LogP contribution is 2.32. The Morgan fingerprint density at radius 1 is 1.24 bits per heavy atom. The van der Waals surface area contributed by atoms with Crippen LogP contribution in [0.2, 0.25) is 0 Å². The smallest absolute Gasteiger partial charge is 0.333 e. The van der Waals surface area contributed by atoms with Crippen LogP contribution in [0.1, 0.15) is 27.8 Å². The number of amides is 1. The lowest BCUT2D eigenvalue weighted by Crippen LogP contribution is -2.35. The molecule has 0 saturated carbocycles. The molecule has 33 heavy (non-hydrogen) atoms. The molecular formula is C19H22N6O7S. The number of carbonyl (C=O) groups is 1. The maximum Gasteiger partial charge on any atom is 0.333 e. The Kier molecular flexibility index (Phi) is 6.38. The normalized spacial score (nSPS) is 23.2. The predicted molar refractivity (Wildman–Crippen MR) is 113 cm³/mol. The molecule has 4 atom stereocenters. The van der Waals surface area contributed by atoms with Crippen molar-refractivity contribution < 1.29 is 32.3 Å². The van der Waals surface area contributed by atoms with Crippen LogP contribution in [0.15, 0.2) is 36.9 Å². The van der Waals surface area contributed by atoms with Gasteiger partial charge in [0.25, 0.3) is 5.91 Å². The molecule has 0 spiro atoms. The summed E-state index contributed by atoms with van der Waals surface area (Å²) in [5.74, 6) is -0.269. The number of aliphatic hydroxyl groups is 2. The van der Waals surface area contributed by atoms with Crippen molar-refractivity contribution in [1.29, 1.82) is 0 Å². The Morgan fingerprint density at radius 2 is 2.00 bits per heavy atom. The monoisotopic (exact) mass is 478 g/mol. The summed E-state index contributed by atoms with van der Waals surface area (Å²) in [5, 5.41) is 28.2. The molecule has 0 bridgehead atoms. The van der Waals surface area contributed by atoms with Crippen LogP contribution < -0.4 is 10.5 Å². The maximum atomic E-state index is 12.5. The molecule has 14 heteroatoms. The topological polar surface area (TPSA) is 192 Å². The number of carbonyl (C=O) groups excluding carboxylic acids is 1. The summed E-state index contributed by atoms with van der Waals surface area (Å²) >= 11 is 0. The number of ether oxygens (including phenoxy) is 1. The molecule has 5 N–H and O–H groups in total. The summed E-state index contributed by atoms with van der Waals surface area (Å²) in [4.78, 5) is 25.1. The average Bonchev–Trinajstić information content (AvgIpc) is 3.32. The van der Waals surface area contributed by atoms with Crippen molar-refractivity contribution in [2.24, 2.45) is 5.14 Å². The average molecular weight is 478 g/mol. The zero-order valence-corrected chi connectivity index (χ0v) is 18.2. The minimum atomic E-state index is -4.25. The molecule has 1 aliphatic rings. The SMILES string of the molecule is Cc1ccccc1C(=O)NCc1ncnc2c1ncn2[C@@H]1O[C@H](COS(N)(=O)=O)[C@@H](O)[C@H]1O. The van der Waals surface area contributed by atoms with Crippen LogP contribution in [0.4, 0.5) is 0 Å². The second-order valence-corrected chi connectivity index (χ2v) is 8.69. The quantitative estimate of drug-likeness (QED) is 0.324. The van der Waals surface area contributed by atoms with E-state index in [-0.39, 0.29) is 18.1 Å². The molecule has 1 saturated heterocycles. The van der Waals surface area contributed by atoms with Crippen molar-refractivity contribution >= 4 is 27.4 Å². The molecule has 13 nitrogen and oxygen atoms in total. The second kappa shape index (κ2) is 9.09. The van der Waals surface area contributed by atoms with Crippen molar-refractivity contribution in [2.75, 3.05) is 6.61 Å². The van der Waals surface area contributed by atoms with Crippen LogP contribution in [0.3, 0.4) is 0 Å². The number of nitrogens with two attached hydrogens (primary N) is 1. The van der Waals surface area contributed by atoms with E-state index >= 15 is 0 Å². The van der Waals surface area contributed by atoms with Crippen LogP contribution >= 0.6 is 0 Å². The molecule has 0 radical (unpaired) electrons. The lowest BCUT2D eigenvalue weighted by molar-refractivity contribution is -0.0467. The molecule has 0 aliphatic carbocycles. The van der Waals surface area contributed by atoms with E-state index < -0.39 is 41.5 Å². The fourth-order valence-electron chi connectivity index (χ4n) is 3.56. The van der Waals surface area contributed by atoms with Gasteiger partial charge in [-0.2, -0.15) is 8.42 Å². The van der Waals surface area contributed by atoms with Crippen molar-refractivity contribution in [3.63, 3.8) is 0 Å². The van der Waals surface area contributed by atoms with Gasteiger partial charge >= 0.3 is 10.3 Å². The van der Waals surface area contributed by atoms with Gasteiger partial charge in [0.2, 0.25) is 0 Å². The van der Waals surface area contributed by atoms with Crippen LogP contribution in [0.5, 0.6) is 0 Å². The van der Waals surface area contributed by atoms with E-state index in [1.807, 2.05) is 19.1 Å². The Hall–Kier alpha value is -3.01. The van der Waals surface area contributed by atoms with Crippen LogP contribution in [-0.2, 0) is 25.8 Å². The van der Waals surface area contributed by atoms with Gasteiger partial charge in [-0.15, -0.1) is 0 Å². The zero-order valence-electron chi connectivity index (χ0n) is 17.4. The van der Waals surface area contributed by atoms with Crippen LogP contribution in [-0.4, -0.2) is 69.0 Å². The molecule has 1 aromatic carbocycles. The summed E-state index contributed by atoms with van der Waals surface area (Å²) in [7, 11) is -4.25. The van der Waals surface area contributed by atoms with Gasteiger partial charge in [0, 0.05) is 5.56 Å². The van der Waals surface area contributed by atoms with E-state index in [2.05, 4.69) is 24.5 Å². The minimum Gasteiger partial charge on any atom is -0.387 e. The first-order valence-electron chi connectivity index (χ1n) is 9.84. The highest BCUT2D eigenvalue weighted by Gasteiger charge is 2.45. The molecule has 0 unspecified atom stereocenters. The van der Waals surface area contributed by atoms with Crippen molar-refractivity contribution in [3.05, 3.63) is 53.7 Å². The summed E-state index contributed by atoms with van der Waals surface area (Å²) < 4.78 is 33.5. The summed E-state index contributed by atoms with van der Waals surface area (Å²) in [5.41, 5.74) is 2.45. The van der Waals surface area contributed by atoms with Crippen LogP contribution in [0.25, 0.3) is 11.2 Å². The molecule has 3 aromatic rings. The molecular weight excluding hydrogens is 456 g/mol. The number of imidazole rings is 1. The van der Waals surface area contributed by atoms with Gasteiger partial charge in [0.05, 0.1) is 25.2 Å². The Balaban J connectivity index is 1.52. The zero-order chi connectivity index (χ0) is 23.8. The second-order valence-electron chi connectivity index (χ2n) is 7.47. The van der Waals surface area contributed by atoms with E-state index in [0.29, 0.717) is 16.8 Å². The van der Waals surface area contributed by atoms with Gasteiger partial charge in [0.1, 0.15) is 30.2 Å². The lowest BCUT2D eigenvalue weighted by atomic mass is 10.1. The lowest BCUT2D eigenvalue weighted by Gasteiger charge is -2.16. The van der Waals surface area contributed by atoms with Crippen molar-refractivity contribution in [2.45, 2.75) is 38.0 Å². The van der Waals surface area contributed by atoms with Crippen LogP contribution in [0, 0.1) is 6.92 Å². The van der Waals surface area contributed by atoms with Crippen molar-refractivity contribution in [1.82, 2.24) is 24.8 Å². The summed E-state index contributed by atoms with van der Waals surface area (Å²) in [6.07, 6.45) is -2.52. The summed E-state index contributed by atoms with van der Waals surface area (Å²) in [6, 6.07) is 7.17. The van der Waals surface area contributed by atoms with E-state index in [4.69, 9.17) is 9.88 Å². The molecule has 1 amide bonds. The van der Waals surface area contributed by atoms with Gasteiger partial charge < -0.3 is 20.3 Å². The van der Waals surface area contributed by atoms with Crippen molar-refractivity contribution in [3.8, 4) is 0 Å². The fraction of sp³-hybridized carbons (Fsp3) is 0.368. The van der Waals surface area contributed by atoms with E-state index in [9.17, 15) is 23.4 Å². The third-order valence-corrected chi connectivity index (χ3v) is 5.71. The fourth-order valence-corrected chi connectivity index (χ4v) is 3.89. The molecule has 3 heterocycles. The largest absolute Gasteiger partial charge is 0.387 e. The van der Waals surface area contributed by atoms with E-state index in [0.717, 1.165) is 5.56 Å². The van der Waals surface area contributed by atoms with Gasteiger partial charge in [-0.05, 0) is 18.6 Å². The third kappa shape index (κ3) is 4.85. The number of hydrogen-bond acceptors (Lipinski definition) is 10. The highest BCUT2D eigenvalue weighted by molar-refractivity contribution is 7.84. The molecule has 176 valence electrons. The third-order valence-electron chi connectivity index (χ3n) is 5.25. The van der Waals surface area contributed by atoms with Gasteiger partial charge in [-0.1, -0.05) is 18.2 Å². The number of nitrogens with zero attached hydrogens (tertiary/aromatic N) is 4. The Morgan fingerprint density at radius 3 is 2.73 bits per heavy atom. The minimum absolute atomic E-state index is 0.0741. The van der Waals surface area contributed by atoms with Gasteiger partial charge in [-0.3, -0.25) is 13.5 Å². The number of aryl methyl sites for hydroxylation is 1. The first-order valence-corrected chi connectivity index (χ1v) is 11.3. The summed E-state index contributed by atoms with van der Waals surface area (Å²) in [6.45, 7) is 1.33. The van der Waals surface area contributed by atoms with Gasteiger partial charge in [0.15, 0.2) is 11.9 Å². The Bertz CT molecular complexity index is 1280. The number of aliphatic hydroxyl groups excluding tert-OH is 2. The number of rotatable bonds is 7. The maximum absolute atomic E-state index is 12.5. The first kappa shape index (κ1) is 23.2.